The summed E-state index contributed by atoms with van der Waals surface area (Å²) in [5.74, 6) is 0. The maximum absolute atomic E-state index is 8.38. The van der Waals surface area contributed by atoms with E-state index in [0.717, 1.165) is 0 Å². The van der Waals surface area contributed by atoms with Crippen molar-refractivity contribution in [2.45, 2.75) is 0 Å². The highest BCUT2D eigenvalue weighted by molar-refractivity contribution is 6.53. The lowest BCUT2D eigenvalue weighted by atomic mass is 11.6. The monoisotopic (exact) mass is 184 g/mol. The Morgan fingerprint density at radius 1 is 1.00 bits per heavy atom. The van der Waals surface area contributed by atoms with Gasteiger partial charge in [0.2, 0.25) is 0 Å². The minimum Gasteiger partial charge on any atom is -0.371 e. The Bertz CT molecular complexity index is 86.6. The first-order chi connectivity index (χ1) is 5.24. The molecular formula is C4H12O6Si. The van der Waals surface area contributed by atoms with Crippen LogP contribution in [0.4, 0.5) is 0 Å². The molecule has 7 heteroatoms. The predicted octanol–water partition coefficient (Wildman–Crippen LogP) is -1.35. The van der Waals surface area contributed by atoms with E-state index in [9.17, 15) is 0 Å². The first kappa shape index (κ1) is 11.0. The fourth-order valence-electron chi connectivity index (χ4n) is 0.519. The van der Waals surface area contributed by atoms with E-state index in [1.807, 2.05) is 0 Å². The Balaban J connectivity index is 3.96. The number of aliphatic hydroxyl groups excluding tert-OH is 2. The lowest BCUT2D eigenvalue weighted by Crippen LogP contribution is -2.47. The quantitative estimate of drug-likeness (QED) is 0.392. The highest BCUT2D eigenvalue weighted by Crippen LogP contribution is 2.07. The van der Waals surface area contributed by atoms with Crippen LogP contribution in [-0.4, -0.2) is 47.1 Å². The molecule has 0 fully saturated rings. The van der Waals surface area contributed by atoms with Crippen LogP contribution in [0.3, 0.4) is 0 Å². The summed E-state index contributed by atoms with van der Waals surface area (Å²) < 4.78 is 18.7. The van der Waals surface area contributed by atoms with E-state index in [2.05, 4.69) is 8.85 Å². The first-order valence-corrected chi connectivity index (χ1v) is 4.48. The summed E-state index contributed by atoms with van der Waals surface area (Å²) in [7, 11) is -0.630. The van der Waals surface area contributed by atoms with Gasteiger partial charge < -0.3 is 27.9 Å². The number of aliphatic hydroxyl groups is 2. The van der Waals surface area contributed by atoms with E-state index in [-0.39, 0.29) is 0 Å². The molecule has 11 heavy (non-hydrogen) atoms. The third kappa shape index (κ3) is 3.25. The molecule has 0 heterocycles. The van der Waals surface area contributed by atoms with Gasteiger partial charge in [-0.1, -0.05) is 0 Å². The second-order valence-electron chi connectivity index (χ2n) is 1.46. The minimum absolute atomic E-state index is 0.575. The minimum atomic E-state index is -3.24. The summed E-state index contributed by atoms with van der Waals surface area (Å²) >= 11 is 0. The molecule has 0 aromatic carbocycles. The Morgan fingerprint density at radius 2 is 1.36 bits per heavy atom. The van der Waals surface area contributed by atoms with Crippen LogP contribution in [0, 0.1) is 0 Å². The Morgan fingerprint density at radius 3 is 1.55 bits per heavy atom. The van der Waals surface area contributed by atoms with E-state index in [1.54, 1.807) is 0 Å². The third-order valence-electron chi connectivity index (χ3n) is 0.983. The van der Waals surface area contributed by atoms with Gasteiger partial charge >= 0.3 is 9.05 Å². The molecule has 68 valence electrons. The first-order valence-electron chi connectivity index (χ1n) is 2.84. The largest absolute Gasteiger partial charge is 0.682 e. The molecule has 2 N–H and O–H groups in total. The topological polar surface area (TPSA) is 77.4 Å². The molecule has 0 aliphatic rings. The van der Waals surface area contributed by atoms with Crippen LogP contribution in [0.5, 0.6) is 0 Å². The van der Waals surface area contributed by atoms with Crippen molar-refractivity contribution < 1.29 is 27.9 Å². The third-order valence-corrected chi connectivity index (χ3v) is 2.95. The standard InChI is InChI=1S/C4H12O6Si/c1-7-11(8-2,9-3-5)10-4-6/h5-6H,3-4H2,1-2H3. The van der Waals surface area contributed by atoms with Crippen LogP contribution in [0.25, 0.3) is 0 Å². The van der Waals surface area contributed by atoms with Gasteiger partial charge in [0, 0.05) is 14.2 Å². The molecular weight excluding hydrogens is 172 g/mol. The van der Waals surface area contributed by atoms with Crippen molar-refractivity contribution in [3.05, 3.63) is 0 Å². The fourth-order valence-corrected chi connectivity index (χ4v) is 1.56. The summed E-state index contributed by atoms with van der Waals surface area (Å²) in [5, 5.41) is 16.8. The van der Waals surface area contributed by atoms with E-state index in [4.69, 9.17) is 19.1 Å². The van der Waals surface area contributed by atoms with Gasteiger partial charge in [0.1, 0.15) is 13.6 Å². The predicted molar refractivity (Wildman–Crippen MR) is 36.1 cm³/mol. The van der Waals surface area contributed by atoms with Crippen LogP contribution >= 0.6 is 0 Å². The van der Waals surface area contributed by atoms with Gasteiger partial charge in [-0.05, 0) is 0 Å². The fraction of sp³-hybridized carbons (Fsp3) is 1.00. The normalized spacial score (nSPS) is 12.0. The molecule has 0 spiro atoms. The van der Waals surface area contributed by atoms with Crippen molar-refractivity contribution >= 4 is 9.05 Å². The Kier molecular flexibility index (Phi) is 5.59. The zero-order valence-electron chi connectivity index (χ0n) is 6.44. The summed E-state index contributed by atoms with van der Waals surface area (Å²) in [5.41, 5.74) is 0. The average Bonchev–Trinajstić information content (AvgIpc) is 2.04. The molecule has 0 unspecified atom stereocenters. The molecule has 0 saturated heterocycles. The summed E-state index contributed by atoms with van der Waals surface area (Å²) in [4.78, 5) is 0. The molecule has 0 aliphatic heterocycles. The second-order valence-corrected chi connectivity index (χ2v) is 3.85. The smallest absolute Gasteiger partial charge is 0.371 e. The number of hydrogen-bond acceptors (Lipinski definition) is 6. The van der Waals surface area contributed by atoms with Crippen molar-refractivity contribution in [1.82, 2.24) is 0 Å². The molecule has 6 nitrogen and oxygen atoms in total. The molecule has 0 rings (SSSR count). The van der Waals surface area contributed by atoms with Gasteiger partial charge in [-0.3, -0.25) is 0 Å². The number of hydrogen-bond donors (Lipinski definition) is 2. The van der Waals surface area contributed by atoms with Crippen molar-refractivity contribution in [2.24, 2.45) is 0 Å². The van der Waals surface area contributed by atoms with Gasteiger partial charge in [-0.15, -0.1) is 0 Å². The van der Waals surface area contributed by atoms with Crippen molar-refractivity contribution in [1.29, 1.82) is 0 Å². The summed E-state index contributed by atoms with van der Waals surface area (Å²) in [6.07, 6.45) is 0. The lowest BCUT2D eigenvalue weighted by molar-refractivity contribution is -0.0810. The van der Waals surface area contributed by atoms with Crippen LogP contribution in [0.15, 0.2) is 0 Å². The molecule has 0 aromatic rings. The Labute approximate surface area is 65.8 Å². The van der Waals surface area contributed by atoms with Crippen LogP contribution in [0.1, 0.15) is 0 Å². The second kappa shape index (κ2) is 5.60. The zero-order valence-corrected chi connectivity index (χ0v) is 7.44. The van der Waals surface area contributed by atoms with Crippen LogP contribution in [-0.2, 0) is 17.7 Å². The maximum Gasteiger partial charge on any atom is 0.682 e. The summed E-state index contributed by atoms with van der Waals surface area (Å²) in [6, 6.07) is 0. The van der Waals surface area contributed by atoms with Crippen molar-refractivity contribution in [2.75, 3.05) is 27.8 Å². The highest BCUT2D eigenvalue weighted by Gasteiger charge is 2.43. The molecule has 0 aromatic heterocycles. The SMILES string of the molecule is CO[Si](OC)(OCO)OCO. The van der Waals surface area contributed by atoms with E-state index in [0.29, 0.717) is 0 Å². The Hall–Kier alpha value is -0.0231. The molecule has 0 atom stereocenters. The van der Waals surface area contributed by atoms with E-state index >= 15 is 0 Å². The molecule has 0 bridgehead atoms. The van der Waals surface area contributed by atoms with Gasteiger partial charge in [-0.2, -0.15) is 0 Å². The van der Waals surface area contributed by atoms with Crippen molar-refractivity contribution in [3.63, 3.8) is 0 Å². The average molecular weight is 184 g/mol. The molecule has 0 radical (unpaired) electrons. The molecule has 0 amide bonds. The highest BCUT2D eigenvalue weighted by atomic mass is 28.4. The zero-order chi connectivity index (χ0) is 8.74. The van der Waals surface area contributed by atoms with Gasteiger partial charge in [0.05, 0.1) is 0 Å². The van der Waals surface area contributed by atoms with Gasteiger partial charge in [0.25, 0.3) is 0 Å². The molecule has 0 aliphatic carbocycles. The van der Waals surface area contributed by atoms with Crippen LogP contribution < -0.4 is 0 Å². The van der Waals surface area contributed by atoms with Crippen LogP contribution in [0.2, 0.25) is 0 Å². The van der Waals surface area contributed by atoms with E-state index < -0.39 is 22.6 Å². The maximum atomic E-state index is 8.38. The van der Waals surface area contributed by atoms with Crippen molar-refractivity contribution in [3.8, 4) is 0 Å². The number of rotatable bonds is 6. The van der Waals surface area contributed by atoms with E-state index in [1.165, 1.54) is 14.2 Å². The van der Waals surface area contributed by atoms with Gasteiger partial charge in [-0.25, -0.2) is 0 Å². The van der Waals surface area contributed by atoms with Gasteiger partial charge in [0.15, 0.2) is 0 Å². The lowest BCUT2D eigenvalue weighted by Gasteiger charge is -2.22. The molecule has 0 saturated carbocycles. The summed E-state index contributed by atoms with van der Waals surface area (Å²) in [6.45, 7) is -1.15.